The number of halogens is 1. The molecule has 4 heteroatoms. The number of alkyl halides is 1. The van der Waals surface area contributed by atoms with Gasteiger partial charge in [0.2, 0.25) is 0 Å². The smallest absolute Gasteiger partial charge is 0.197 e. The Balaban J connectivity index is 1.81. The number of aromatic nitrogens is 1. The van der Waals surface area contributed by atoms with E-state index >= 15 is 0 Å². The van der Waals surface area contributed by atoms with E-state index in [9.17, 15) is 4.79 Å². The van der Waals surface area contributed by atoms with Crippen molar-refractivity contribution in [2.75, 3.05) is 4.90 Å². The van der Waals surface area contributed by atoms with E-state index in [-0.39, 0.29) is 11.8 Å². The zero-order chi connectivity index (χ0) is 14.4. The summed E-state index contributed by atoms with van der Waals surface area (Å²) >= 11 is 6.23. The van der Waals surface area contributed by atoms with Gasteiger partial charge in [0.15, 0.2) is 11.3 Å². The van der Waals surface area contributed by atoms with Crippen LogP contribution in [0.5, 0.6) is 0 Å². The lowest BCUT2D eigenvalue weighted by atomic mass is 9.92. The van der Waals surface area contributed by atoms with Gasteiger partial charge in [-0.3, -0.25) is 4.79 Å². The van der Waals surface area contributed by atoms with Gasteiger partial charge in [-0.25, -0.2) is 0 Å². The van der Waals surface area contributed by atoms with Gasteiger partial charge in [0.25, 0.3) is 0 Å². The minimum atomic E-state index is -0.592. The molecule has 1 aromatic heterocycles. The molecule has 21 heavy (non-hydrogen) atoms. The number of anilines is 1. The van der Waals surface area contributed by atoms with E-state index in [0.29, 0.717) is 0 Å². The molecular formula is C17H13ClN2O. The normalized spacial score (nSPS) is 21.6. The first kappa shape index (κ1) is 12.5. The largest absolute Gasteiger partial charge is 0.361 e. The number of nitrogens with zero attached hydrogens (tertiary/aromatic N) is 1. The van der Waals surface area contributed by atoms with Crippen LogP contribution in [0.25, 0.3) is 10.9 Å². The summed E-state index contributed by atoms with van der Waals surface area (Å²) in [7, 11) is 0. The number of H-pyrrole nitrogens is 1. The molecule has 2 heterocycles. The second-order valence-electron chi connectivity index (χ2n) is 5.17. The number of carbonyl (C=O) groups is 1. The van der Waals surface area contributed by atoms with Crippen LogP contribution in [0.15, 0.2) is 60.8 Å². The molecule has 1 N–H and O–H groups in total. The molecule has 1 fully saturated rings. The average molecular weight is 297 g/mol. The van der Waals surface area contributed by atoms with Crippen LogP contribution in [0.3, 0.4) is 0 Å². The number of rotatable bonds is 2. The number of nitrogens with one attached hydrogen (secondary N) is 1. The highest BCUT2D eigenvalue weighted by atomic mass is 35.5. The molecule has 3 aromatic rings. The van der Waals surface area contributed by atoms with Gasteiger partial charge in [-0.2, -0.15) is 0 Å². The number of para-hydroxylation sites is 2. The lowest BCUT2D eigenvalue weighted by Crippen LogP contribution is -2.56. The second kappa shape index (κ2) is 4.64. The molecule has 2 aromatic carbocycles. The zero-order valence-electron chi connectivity index (χ0n) is 11.2. The molecule has 2 atom stereocenters. The molecule has 0 unspecified atom stereocenters. The molecule has 0 amide bonds. The molecule has 3 nitrogen and oxygen atoms in total. The minimum absolute atomic E-state index is 0.0465. The summed E-state index contributed by atoms with van der Waals surface area (Å²) in [4.78, 5) is 17.5. The van der Waals surface area contributed by atoms with E-state index in [1.165, 1.54) is 0 Å². The van der Waals surface area contributed by atoms with Crippen molar-refractivity contribution in [2.24, 2.45) is 0 Å². The molecular weight excluding hydrogens is 284 g/mol. The molecule has 104 valence electrons. The topological polar surface area (TPSA) is 36.1 Å². The third-order valence-electron chi connectivity index (χ3n) is 4.00. The maximum Gasteiger partial charge on any atom is 0.197 e. The lowest BCUT2D eigenvalue weighted by molar-refractivity contribution is -0.124. The molecule has 1 aliphatic rings. The number of Topliss-reactive ketones (excluding diaryl/α,β-unsaturated/α-hetero) is 1. The Morgan fingerprint density at radius 1 is 1.00 bits per heavy atom. The van der Waals surface area contributed by atoms with Crippen molar-refractivity contribution >= 4 is 34.0 Å². The second-order valence-corrected chi connectivity index (χ2v) is 5.59. The van der Waals surface area contributed by atoms with Crippen LogP contribution in [0.1, 0.15) is 11.6 Å². The summed E-state index contributed by atoms with van der Waals surface area (Å²) in [5.41, 5.74) is 2.39. The van der Waals surface area contributed by atoms with Crippen molar-refractivity contribution in [3.63, 3.8) is 0 Å². The molecule has 4 rings (SSSR count). The third-order valence-corrected chi connectivity index (χ3v) is 4.42. The first-order valence-corrected chi connectivity index (χ1v) is 7.28. The molecule has 0 bridgehead atoms. The highest BCUT2D eigenvalue weighted by Crippen LogP contribution is 2.43. The van der Waals surface area contributed by atoms with Gasteiger partial charge in [-0.1, -0.05) is 48.0 Å². The van der Waals surface area contributed by atoms with Crippen molar-refractivity contribution in [1.29, 1.82) is 0 Å². The van der Waals surface area contributed by atoms with Crippen LogP contribution in [0, 0.1) is 0 Å². The Morgan fingerprint density at radius 2 is 1.71 bits per heavy atom. The number of hydrogen-bond acceptors (Lipinski definition) is 2. The van der Waals surface area contributed by atoms with Crippen LogP contribution in [0.2, 0.25) is 0 Å². The minimum Gasteiger partial charge on any atom is -0.361 e. The van der Waals surface area contributed by atoms with Gasteiger partial charge in [0.05, 0.1) is 0 Å². The van der Waals surface area contributed by atoms with Gasteiger partial charge in [-0.15, -0.1) is 0 Å². The van der Waals surface area contributed by atoms with Crippen LogP contribution >= 0.6 is 11.6 Å². The fourth-order valence-corrected chi connectivity index (χ4v) is 3.30. The maximum absolute atomic E-state index is 12.3. The Hall–Kier alpha value is -2.26. The van der Waals surface area contributed by atoms with Crippen molar-refractivity contribution in [1.82, 2.24) is 4.98 Å². The number of hydrogen-bond donors (Lipinski definition) is 1. The standard InChI is InChI=1S/C17H13ClN2O/c18-17-16(21)15(20(17)11-6-2-1-3-7-11)13-10-19-14-9-5-4-8-12(13)14/h1-10,15,17,19H/t15-,17+/m0/s1. The predicted octanol–water partition coefficient (Wildman–Crippen LogP) is 3.86. The SMILES string of the molecule is O=C1[C@H](c2c[nH]c3ccccc23)N(c2ccccc2)[C@H]1Cl. The Bertz CT molecular complexity index is 812. The molecule has 1 aliphatic heterocycles. The highest BCUT2D eigenvalue weighted by molar-refractivity contribution is 6.37. The summed E-state index contributed by atoms with van der Waals surface area (Å²) in [6.45, 7) is 0. The van der Waals surface area contributed by atoms with Crippen LogP contribution in [0.4, 0.5) is 5.69 Å². The summed E-state index contributed by atoms with van der Waals surface area (Å²) in [6.07, 6.45) is 1.91. The number of fused-ring (bicyclic) bond motifs is 1. The Labute approximate surface area is 127 Å². The fourth-order valence-electron chi connectivity index (χ4n) is 2.96. The Morgan fingerprint density at radius 3 is 2.52 bits per heavy atom. The molecule has 1 saturated heterocycles. The first-order chi connectivity index (χ1) is 10.3. The van der Waals surface area contributed by atoms with E-state index in [1.807, 2.05) is 65.7 Å². The number of benzene rings is 2. The van der Waals surface area contributed by atoms with E-state index in [2.05, 4.69) is 4.98 Å². The number of aromatic amines is 1. The lowest BCUT2D eigenvalue weighted by Gasteiger charge is -2.45. The van der Waals surface area contributed by atoms with Gasteiger partial charge in [0.1, 0.15) is 6.04 Å². The zero-order valence-corrected chi connectivity index (χ0v) is 11.9. The summed E-state index contributed by atoms with van der Waals surface area (Å²) in [5, 5.41) is 1.07. The average Bonchev–Trinajstić information content (AvgIpc) is 2.96. The quantitative estimate of drug-likeness (QED) is 0.576. The van der Waals surface area contributed by atoms with E-state index < -0.39 is 5.50 Å². The fraction of sp³-hybridized carbons (Fsp3) is 0.118. The Kier molecular flexibility index (Phi) is 2.76. The highest BCUT2D eigenvalue weighted by Gasteiger charge is 2.48. The van der Waals surface area contributed by atoms with Gasteiger partial charge in [-0.05, 0) is 18.2 Å². The molecule has 0 saturated carbocycles. The van der Waals surface area contributed by atoms with Crippen LogP contribution < -0.4 is 4.90 Å². The first-order valence-electron chi connectivity index (χ1n) is 6.84. The molecule has 0 aliphatic carbocycles. The summed E-state index contributed by atoms with van der Waals surface area (Å²) in [5.74, 6) is 0.0465. The van der Waals surface area contributed by atoms with Crippen LogP contribution in [-0.2, 0) is 4.79 Å². The predicted molar refractivity (Wildman–Crippen MR) is 84.6 cm³/mol. The monoisotopic (exact) mass is 296 g/mol. The van der Waals surface area contributed by atoms with E-state index in [0.717, 1.165) is 22.2 Å². The van der Waals surface area contributed by atoms with Gasteiger partial charge >= 0.3 is 0 Å². The van der Waals surface area contributed by atoms with E-state index in [1.54, 1.807) is 0 Å². The van der Waals surface area contributed by atoms with Crippen LogP contribution in [-0.4, -0.2) is 16.3 Å². The molecule has 0 radical (unpaired) electrons. The number of ketones is 1. The number of carbonyl (C=O) groups excluding carboxylic acids is 1. The molecule has 0 spiro atoms. The van der Waals surface area contributed by atoms with Crippen molar-refractivity contribution in [3.8, 4) is 0 Å². The summed E-state index contributed by atoms with van der Waals surface area (Å²) < 4.78 is 0. The third kappa shape index (κ3) is 1.78. The van der Waals surface area contributed by atoms with E-state index in [4.69, 9.17) is 11.6 Å². The van der Waals surface area contributed by atoms with Crippen molar-refractivity contribution < 1.29 is 4.79 Å². The van der Waals surface area contributed by atoms with Crippen molar-refractivity contribution in [2.45, 2.75) is 11.5 Å². The summed E-state index contributed by atoms with van der Waals surface area (Å²) in [6, 6.07) is 17.5. The maximum atomic E-state index is 12.3. The van der Waals surface area contributed by atoms with Gasteiger partial charge < -0.3 is 9.88 Å². The van der Waals surface area contributed by atoms with Gasteiger partial charge in [0, 0.05) is 28.4 Å². The van der Waals surface area contributed by atoms with Crippen molar-refractivity contribution in [3.05, 3.63) is 66.4 Å².